The van der Waals surface area contributed by atoms with Gasteiger partial charge in [0.1, 0.15) is 5.75 Å². The van der Waals surface area contributed by atoms with Crippen LogP contribution in [0.5, 0.6) is 5.75 Å². The van der Waals surface area contributed by atoms with E-state index in [1.807, 2.05) is 31.2 Å². The first-order valence-electron chi connectivity index (χ1n) is 7.00. The van der Waals surface area contributed by atoms with E-state index >= 15 is 0 Å². The number of benzene rings is 2. The van der Waals surface area contributed by atoms with Crippen LogP contribution in [-0.4, -0.2) is 6.61 Å². The van der Waals surface area contributed by atoms with E-state index in [9.17, 15) is 0 Å². The van der Waals surface area contributed by atoms with Crippen molar-refractivity contribution in [2.75, 3.05) is 17.7 Å². The first kappa shape index (κ1) is 14.3. The van der Waals surface area contributed by atoms with E-state index in [1.165, 1.54) is 5.56 Å². The average molecular weight is 270 g/mol. The van der Waals surface area contributed by atoms with Crippen LogP contribution in [0, 0.1) is 0 Å². The fraction of sp³-hybridized carbons (Fsp3) is 0.294. The summed E-state index contributed by atoms with van der Waals surface area (Å²) < 4.78 is 5.53. The van der Waals surface area contributed by atoms with Crippen LogP contribution in [0.25, 0.3) is 0 Å². The molecular formula is C17H22N2O. The van der Waals surface area contributed by atoms with Crippen molar-refractivity contribution in [1.82, 2.24) is 0 Å². The molecule has 3 heteroatoms. The van der Waals surface area contributed by atoms with E-state index in [1.54, 1.807) is 0 Å². The molecule has 0 heterocycles. The quantitative estimate of drug-likeness (QED) is 0.784. The molecule has 0 aliphatic rings. The molecule has 20 heavy (non-hydrogen) atoms. The summed E-state index contributed by atoms with van der Waals surface area (Å²) in [7, 11) is 0. The van der Waals surface area contributed by atoms with Gasteiger partial charge in [-0.15, -0.1) is 0 Å². The van der Waals surface area contributed by atoms with Gasteiger partial charge in [0.15, 0.2) is 0 Å². The van der Waals surface area contributed by atoms with Crippen molar-refractivity contribution >= 4 is 17.1 Å². The summed E-state index contributed by atoms with van der Waals surface area (Å²) in [4.78, 5) is 0. The Kier molecular flexibility index (Phi) is 4.51. The third-order valence-corrected chi connectivity index (χ3v) is 3.18. The van der Waals surface area contributed by atoms with Crippen LogP contribution in [0.2, 0.25) is 0 Å². The highest BCUT2D eigenvalue weighted by Crippen LogP contribution is 2.30. The maximum atomic E-state index is 5.89. The topological polar surface area (TPSA) is 47.3 Å². The Morgan fingerprint density at radius 3 is 2.60 bits per heavy atom. The van der Waals surface area contributed by atoms with Crippen molar-refractivity contribution in [3.63, 3.8) is 0 Å². The molecule has 2 rings (SSSR count). The summed E-state index contributed by atoms with van der Waals surface area (Å²) in [5, 5.41) is 3.44. The number of hydrogen-bond donors (Lipinski definition) is 2. The van der Waals surface area contributed by atoms with Gasteiger partial charge >= 0.3 is 0 Å². The summed E-state index contributed by atoms with van der Waals surface area (Å²) in [6.45, 7) is 6.94. The van der Waals surface area contributed by atoms with Gasteiger partial charge in [0.25, 0.3) is 0 Å². The van der Waals surface area contributed by atoms with Crippen LogP contribution in [0.15, 0.2) is 42.5 Å². The molecule has 0 bridgehead atoms. The SMILES string of the molecule is CCOc1cc(Nc2ccccc2C(C)C)ccc1N. The van der Waals surface area contributed by atoms with Crippen molar-refractivity contribution in [2.24, 2.45) is 0 Å². The standard InChI is InChI=1S/C17H22N2O/c1-4-20-17-11-13(9-10-15(17)18)19-16-8-6-5-7-14(16)12(2)3/h5-12,19H,4,18H2,1-3H3. The van der Waals surface area contributed by atoms with Crippen molar-refractivity contribution < 1.29 is 4.74 Å². The molecule has 0 aliphatic heterocycles. The molecule has 0 spiro atoms. The Bertz CT molecular complexity index is 579. The van der Waals surface area contributed by atoms with Gasteiger partial charge in [-0.3, -0.25) is 0 Å². The Labute approximate surface area is 120 Å². The molecule has 0 amide bonds. The third-order valence-electron chi connectivity index (χ3n) is 3.18. The first-order valence-corrected chi connectivity index (χ1v) is 7.00. The third kappa shape index (κ3) is 3.23. The molecule has 0 aliphatic carbocycles. The monoisotopic (exact) mass is 270 g/mol. The van der Waals surface area contributed by atoms with Crippen molar-refractivity contribution in [3.8, 4) is 5.75 Å². The average Bonchev–Trinajstić information content (AvgIpc) is 2.43. The van der Waals surface area contributed by atoms with E-state index in [0.29, 0.717) is 18.2 Å². The molecular weight excluding hydrogens is 248 g/mol. The smallest absolute Gasteiger partial charge is 0.144 e. The molecule has 0 saturated carbocycles. The molecule has 2 aromatic rings. The lowest BCUT2D eigenvalue weighted by Crippen LogP contribution is -2.00. The Morgan fingerprint density at radius 2 is 1.90 bits per heavy atom. The zero-order valence-corrected chi connectivity index (χ0v) is 12.3. The van der Waals surface area contributed by atoms with Crippen LogP contribution >= 0.6 is 0 Å². The number of nitrogens with two attached hydrogens (primary N) is 1. The predicted octanol–water partition coefficient (Wildman–Crippen LogP) is 4.53. The van der Waals surface area contributed by atoms with E-state index < -0.39 is 0 Å². The zero-order valence-electron chi connectivity index (χ0n) is 12.3. The highest BCUT2D eigenvalue weighted by molar-refractivity contribution is 5.68. The van der Waals surface area contributed by atoms with Gasteiger partial charge in [-0.1, -0.05) is 32.0 Å². The molecule has 0 atom stereocenters. The summed E-state index contributed by atoms with van der Waals surface area (Å²) in [5.41, 5.74) is 9.95. The summed E-state index contributed by atoms with van der Waals surface area (Å²) in [6.07, 6.45) is 0. The number of rotatable bonds is 5. The first-order chi connectivity index (χ1) is 9.61. The van der Waals surface area contributed by atoms with Crippen LogP contribution in [-0.2, 0) is 0 Å². The number of nitrogen functional groups attached to an aromatic ring is 1. The van der Waals surface area contributed by atoms with Gasteiger partial charge in [0.2, 0.25) is 0 Å². The minimum atomic E-state index is 0.471. The predicted molar refractivity (Wildman–Crippen MR) is 85.8 cm³/mol. The Balaban J connectivity index is 2.28. The highest BCUT2D eigenvalue weighted by Gasteiger charge is 2.07. The number of ether oxygens (including phenoxy) is 1. The van der Waals surface area contributed by atoms with Crippen molar-refractivity contribution in [3.05, 3.63) is 48.0 Å². The van der Waals surface area contributed by atoms with Gasteiger partial charge in [-0.05, 0) is 36.6 Å². The summed E-state index contributed by atoms with van der Waals surface area (Å²) >= 11 is 0. The molecule has 106 valence electrons. The largest absolute Gasteiger partial charge is 0.492 e. The lowest BCUT2D eigenvalue weighted by atomic mass is 10.0. The lowest BCUT2D eigenvalue weighted by Gasteiger charge is -2.16. The van der Waals surface area contributed by atoms with Crippen molar-refractivity contribution in [1.29, 1.82) is 0 Å². The normalized spacial score (nSPS) is 10.6. The minimum absolute atomic E-state index is 0.471. The minimum Gasteiger partial charge on any atom is -0.492 e. The maximum absolute atomic E-state index is 5.89. The zero-order chi connectivity index (χ0) is 14.5. The molecule has 3 N–H and O–H groups in total. The summed E-state index contributed by atoms with van der Waals surface area (Å²) in [5.74, 6) is 1.19. The fourth-order valence-corrected chi connectivity index (χ4v) is 2.16. The van der Waals surface area contributed by atoms with E-state index in [2.05, 4.69) is 37.4 Å². The maximum Gasteiger partial charge on any atom is 0.144 e. The Hall–Kier alpha value is -2.16. The summed E-state index contributed by atoms with van der Waals surface area (Å²) in [6, 6.07) is 14.1. The van der Waals surface area contributed by atoms with Gasteiger partial charge in [-0.2, -0.15) is 0 Å². The highest BCUT2D eigenvalue weighted by atomic mass is 16.5. The van der Waals surface area contributed by atoms with Crippen LogP contribution < -0.4 is 15.8 Å². The van der Waals surface area contributed by atoms with Gasteiger partial charge < -0.3 is 15.8 Å². The second-order valence-electron chi connectivity index (χ2n) is 5.05. The number of anilines is 3. The number of para-hydroxylation sites is 1. The molecule has 0 radical (unpaired) electrons. The van der Waals surface area contributed by atoms with Gasteiger partial charge in [0.05, 0.1) is 12.3 Å². The van der Waals surface area contributed by atoms with Crippen molar-refractivity contribution in [2.45, 2.75) is 26.7 Å². The molecule has 0 unspecified atom stereocenters. The second-order valence-corrected chi connectivity index (χ2v) is 5.05. The lowest BCUT2D eigenvalue weighted by molar-refractivity contribution is 0.342. The fourth-order valence-electron chi connectivity index (χ4n) is 2.16. The van der Waals surface area contributed by atoms with E-state index in [-0.39, 0.29) is 0 Å². The molecule has 3 nitrogen and oxygen atoms in total. The molecule has 0 fully saturated rings. The number of nitrogens with one attached hydrogen (secondary N) is 1. The molecule has 0 saturated heterocycles. The second kappa shape index (κ2) is 6.33. The van der Waals surface area contributed by atoms with Crippen LogP contribution in [0.1, 0.15) is 32.3 Å². The number of hydrogen-bond acceptors (Lipinski definition) is 3. The van der Waals surface area contributed by atoms with Crippen LogP contribution in [0.3, 0.4) is 0 Å². The van der Waals surface area contributed by atoms with E-state index in [4.69, 9.17) is 10.5 Å². The Morgan fingerprint density at radius 1 is 1.15 bits per heavy atom. The molecule has 2 aromatic carbocycles. The van der Waals surface area contributed by atoms with Crippen LogP contribution in [0.4, 0.5) is 17.1 Å². The van der Waals surface area contributed by atoms with Gasteiger partial charge in [0, 0.05) is 17.4 Å². The van der Waals surface area contributed by atoms with Gasteiger partial charge in [-0.25, -0.2) is 0 Å². The molecule has 0 aromatic heterocycles. The van der Waals surface area contributed by atoms with E-state index in [0.717, 1.165) is 17.1 Å².